The summed E-state index contributed by atoms with van der Waals surface area (Å²) >= 11 is 0. The normalized spacial score (nSPS) is 11.7. The van der Waals surface area contributed by atoms with Crippen molar-refractivity contribution in [2.45, 2.75) is 52.2 Å². The van der Waals surface area contributed by atoms with Crippen LogP contribution in [-0.2, 0) is 22.6 Å². The molecule has 0 aliphatic heterocycles. The van der Waals surface area contributed by atoms with Crippen molar-refractivity contribution in [3.8, 4) is 0 Å². The van der Waals surface area contributed by atoms with Gasteiger partial charge in [0, 0.05) is 24.2 Å². The van der Waals surface area contributed by atoms with Gasteiger partial charge in [0.2, 0.25) is 11.8 Å². The van der Waals surface area contributed by atoms with Crippen LogP contribution in [0.5, 0.6) is 0 Å². The summed E-state index contributed by atoms with van der Waals surface area (Å²) in [6, 6.07) is 14.9. The third-order valence-electron chi connectivity index (χ3n) is 4.54. The molecule has 1 atom stereocenters. The summed E-state index contributed by atoms with van der Waals surface area (Å²) in [6.45, 7) is 5.83. The molecule has 2 aromatic carbocycles. The van der Waals surface area contributed by atoms with Crippen LogP contribution in [-0.4, -0.2) is 33.7 Å². The fourth-order valence-electron chi connectivity index (χ4n) is 3.18. The minimum absolute atomic E-state index is 0.0551. The molecule has 0 fully saturated rings. The van der Waals surface area contributed by atoms with Gasteiger partial charge < -0.3 is 10.2 Å². The Morgan fingerprint density at radius 1 is 1.07 bits per heavy atom. The number of rotatable bonds is 9. The van der Waals surface area contributed by atoms with Gasteiger partial charge in [0.05, 0.1) is 11.3 Å². The molecule has 0 aliphatic rings. The Labute approximate surface area is 170 Å². The van der Waals surface area contributed by atoms with Gasteiger partial charge in [-0.2, -0.15) is 0 Å². The first-order valence-electron chi connectivity index (χ1n) is 9.69. The topological polar surface area (TPSA) is 92.6 Å². The molecular weight excluding hydrogens is 370 g/mol. The SMILES string of the molecule is CC[C@@H](C(=O)NC(C)C)N(Cc1ccccc1)C(=O)Cc1ccccc1[N+](=O)[O-]. The molecule has 0 bridgehead atoms. The molecule has 7 nitrogen and oxygen atoms in total. The number of nitro groups is 1. The first-order valence-corrected chi connectivity index (χ1v) is 9.69. The Bertz CT molecular complexity index is 852. The number of carbonyl (C=O) groups excluding carboxylic acids is 2. The van der Waals surface area contributed by atoms with E-state index in [1.165, 1.54) is 11.0 Å². The van der Waals surface area contributed by atoms with Crippen molar-refractivity contribution in [1.29, 1.82) is 0 Å². The average Bonchev–Trinajstić information content (AvgIpc) is 2.68. The monoisotopic (exact) mass is 397 g/mol. The van der Waals surface area contributed by atoms with Gasteiger partial charge in [-0.1, -0.05) is 55.5 Å². The number of para-hydroxylation sites is 1. The van der Waals surface area contributed by atoms with Gasteiger partial charge >= 0.3 is 0 Å². The van der Waals surface area contributed by atoms with Crippen LogP contribution in [0.3, 0.4) is 0 Å². The predicted octanol–water partition coefficient (Wildman–Crippen LogP) is 3.47. The van der Waals surface area contributed by atoms with Crippen molar-refractivity contribution in [2.24, 2.45) is 0 Å². The number of carbonyl (C=O) groups is 2. The highest BCUT2D eigenvalue weighted by molar-refractivity contribution is 5.89. The van der Waals surface area contributed by atoms with E-state index in [1.807, 2.05) is 51.1 Å². The molecule has 7 heteroatoms. The molecule has 1 N–H and O–H groups in total. The van der Waals surface area contributed by atoms with Crippen LogP contribution in [0, 0.1) is 10.1 Å². The first-order chi connectivity index (χ1) is 13.8. The third kappa shape index (κ3) is 6.14. The summed E-state index contributed by atoms with van der Waals surface area (Å²) in [7, 11) is 0. The van der Waals surface area contributed by atoms with Crippen LogP contribution in [0.2, 0.25) is 0 Å². The van der Waals surface area contributed by atoms with E-state index in [0.717, 1.165) is 5.56 Å². The van der Waals surface area contributed by atoms with Gasteiger partial charge in [-0.15, -0.1) is 0 Å². The van der Waals surface area contributed by atoms with Crippen molar-refractivity contribution in [2.75, 3.05) is 0 Å². The van der Waals surface area contributed by atoms with E-state index in [4.69, 9.17) is 0 Å². The van der Waals surface area contributed by atoms with Gasteiger partial charge in [0.15, 0.2) is 0 Å². The second-order valence-electron chi connectivity index (χ2n) is 7.16. The van der Waals surface area contributed by atoms with Gasteiger partial charge in [-0.3, -0.25) is 19.7 Å². The lowest BCUT2D eigenvalue weighted by Gasteiger charge is -2.31. The van der Waals surface area contributed by atoms with E-state index in [9.17, 15) is 19.7 Å². The summed E-state index contributed by atoms with van der Waals surface area (Å²) in [4.78, 5) is 38.3. The average molecular weight is 397 g/mol. The minimum atomic E-state index is -0.659. The number of benzene rings is 2. The number of nitro benzene ring substituents is 1. The fourth-order valence-corrected chi connectivity index (χ4v) is 3.18. The zero-order valence-corrected chi connectivity index (χ0v) is 17.0. The second kappa shape index (κ2) is 10.4. The number of amides is 2. The molecule has 0 aliphatic carbocycles. The van der Waals surface area contributed by atoms with Crippen LogP contribution in [0.4, 0.5) is 5.69 Å². The predicted molar refractivity (Wildman–Crippen MR) is 111 cm³/mol. The second-order valence-corrected chi connectivity index (χ2v) is 7.16. The molecular formula is C22H27N3O4. The highest BCUT2D eigenvalue weighted by Gasteiger charge is 2.30. The van der Waals surface area contributed by atoms with Crippen molar-refractivity contribution < 1.29 is 14.5 Å². The lowest BCUT2D eigenvalue weighted by atomic mass is 10.1. The molecule has 0 radical (unpaired) electrons. The van der Waals surface area contributed by atoms with Crippen molar-refractivity contribution in [3.63, 3.8) is 0 Å². The van der Waals surface area contributed by atoms with Gasteiger partial charge in [0.25, 0.3) is 5.69 Å². The molecule has 0 saturated heterocycles. The molecule has 2 rings (SSSR count). The van der Waals surface area contributed by atoms with E-state index < -0.39 is 11.0 Å². The van der Waals surface area contributed by atoms with E-state index in [0.29, 0.717) is 12.0 Å². The lowest BCUT2D eigenvalue weighted by molar-refractivity contribution is -0.385. The van der Waals surface area contributed by atoms with Crippen molar-refractivity contribution >= 4 is 17.5 Å². The summed E-state index contributed by atoms with van der Waals surface area (Å²) in [5.41, 5.74) is 1.12. The smallest absolute Gasteiger partial charge is 0.273 e. The zero-order chi connectivity index (χ0) is 21.4. The number of nitrogens with one attached hydrogen (secondary N) is 1. The Morgan fingerprint density at radius 3 is 2.28 bits per heavy atom. The van der Waals surface area contributed by atoms with Crippen LogP contribution in [0.15, 0.2) is 54.6 Å². The highest BCUT2D eigenvalue weighted by atomic mass is 16.6. The summed E-state index contributed by atoms with van der Waals surface area (Å²) < 4.78 is 0. The Hall–Kier alpha value is -3.22. The summed E-state index contributed by atoms with van der Waals surface area (Å²) in [6.07, 6.45) is 0.295. The molecule has 0 spiro atoms. The van der Waals surface area contributed by atoms with E-state index in [-0.39, 0.29) is 36.5 Å². The maximum Gasteiger partial charge on any atom is 0.273 e. The minimum Gasteiger partial charge on any atom is -0.352 e. The van der Waals surface area contributed by atoms with Gasteiger partial charge in [0.1, 0.15) is 6.04 Å². The lowest BCUT2D eigenvalue weighted by Crippen LogP contribution is -2.50. The molecule has 2 aromatic rings. The summed E-state index contributed by atoms with van der Waals surface area (Å²) in [5, 5.41) is 14.2. The molecule has 0 heterocycles. The quantitative estimate of drug-likeness (QED) is 0.518. The maximum absolute atomic E-state index is 13.2. The van der Waals surface area contributed by atoms with E-state index in [1.54, 1.807) is 18.2 Å². The number of nitrogens with zero attached hydrogens (tertiary/aromatic N) is 2. The van der Waals surface area contributed by atoms with E-state index in [2.05, 4.69) is 5.32 Å². The zero-order valence-electron chi connectivity index (χ0n) is 17.0. The van der Waals surface area contributed by atoms with Crippen LogP contribution in [0.1, 0.15) is 38.3 Å². The van der Waals surface area contributed by atoms with Gasteiger partial charge in [-0.25, -0.2) is 0 Å². The number of hydrogen-bond donors (Lipinski definition) is 1. The first kappa shape index (κ1) is 22.1. The van der Waals surface area contributed by atoms with Crippen LogP contribution >= 0.6 is 0 Å². The van der Waals surface area contributed by atoms with Crippen LogP contribution in [0.25, 0.3) is 0 Å². The fraction of sp³-hybridized carbons (Fsp3) is 0.364. The molecule has 0 aromatic heterocycles. The molecule has 0 saturated carbocycles. The Morgan fingerprint density at radius 2 is 1.69 bits per heavy atom. The third-order valence-corrected chi connectivity index (χ3v) is 4.54. The molecule has 2 amide bonds. The van der Waals surface area contributed by atoms with Crippen molar-refractivity contribution in [3.05, 3.63) is 75.8 Å². The van der Waals surface area contributed by atoms with Crippen LogP contribution < -0.4 is 5.32 Å². The Balaban J connectivity index is 2.34. The van der Waals surface area contributed by atoms with Gasteiger partial charge in [-0.05, 0) is 25.8 Å². The van der Waals surface area contributed by atoms with Crippen molar-refractivity contribution in [1.82, 2.24) is 10.2 Å². The summed E-state index contributed by atoms with van der Waals surface area (Å²) in [5.74, 6) is -0.553. The largest absolute Gasteiger partial charge is 0.352 e. The molecule has 0 unspecified atom stereocenters. The van der Waals surface area contributed by atoms with E-state index >= 15 is 0 Å². The maximum atomic E-state index is 13.2. The molecule has 29 heavy (non-hydrogen) atoms. The number of hydrogen-bond acceptors (Lipinski definition) is 4. The molecule has 154 valence electrons. The Kier molecular flexibility index (Phi) is 7.88. The highest BCUT2D eigenvalue weighted by Crippen LogP contribution is 2.21. The standard InChI is InChI=1S/C22H27N3O4/c1-4-19(22(27)23-16(2)3)24(15-17-10-6-5-7-11-17)21(26)14-18-12-8-9-13-20(18)25(28)29/h5-13,16,19H,4,14-15H2,1-3H3,(H,23,27)/t19-/m0/s1.